The predicted molar refractivity (Wildman–Crippen MR) is 126 cm³/mol. The normalized spacial score (nSPS) is 11.8. The first-order valence-corrected chi connectivity index (χ1v) is 12.3. The van der Waals surface area contributed by atoms with E-state index in [9.17, 15) is 13.2 Å². The summed E-state index contributed by atoms with van der Waals surface area (Å²) in [6.45, 7) is 5.07. The van der Waals surface area contributed by atoms with Crippen LogP contribution in [0.1, 0.15) is 13.8 Å². The van der Waals surface area contributed by atoms with Gasteiger partial charge in [0.1, 0.15) is 5.75 Å². The number of hydrogen-bond acceptors (Lipinski definition) is 5. The maximum Gasteiger partial charge on any atom is 0.258 e. The van der Waals surface area contributed by atoms with Gasteiger partial charge in [-0.15, -0.1) is 0 Å². The van der Waals surface area contributed by atoms with E-state index in [-0.39, 0.29) is 10.5 Å². The Labute approximate surface area is 186 Å². The van der Waals surface area contributed by atoms with Crippen LogP contribution in [-0.2, 0) is 23.4 Å². The topological polar surface area (TPSA) is 83.2 Å². The molecule has 0 radical (unpaired) electrons. The van der Waals surface area contributed by atoms with E-state index in [0.717, 1.165) is 28.6 Å². The zero-order valence-electron chi connectivity index (χ0n) is 18.5. The SMILES string of the molecule is CCOc1ccc(S(C)(=O)=O)cc1-c1cn(C)c(=O)c2ccc(-c3cnn(CC)c3)cc12. The minimum atomic E-state index is -3.42. The van der Waals surface area contributed by atoms with Crippen molar-refractivity contribution in [3.05, 3.63) is 65.3 Å². The van der Waals surface area contributed by atoms with Gasteiger partial charge < -0.3 is 9.30 Å². The van der Waals surface area contributed by atoms with Gasteiger partial charge in [-0.1, -0.05) is 6.07 Å². The lowest BCUT2D eigenvalue weighted by Gasteiger charge is -2.16. The Morgan fingerprint density at radius 1 is 0.969 bits per heavy atom. The molecule has 0 saturated carbocycles. The number of sulfone groups is 1. The third kappa shape index (κ3) is 3.93. The quantitative estimate of drug-likeness (QED) is 0.444. The highest BCUT2D eigenvalue weighted by Crippen LogP contribution is 2.37. The fourth-order valence-corrected chi connectivity index (χ4v) is 4.42. The molecule has 0 spiro atoms. The van der Waals surface area contributed by atoms with Crippen molar-refractivity contribution >= 4 is 20.6 Å². The molecule has 32 heavy (non-hydrogen) atoms. The van der Waals surface area contributed by atoms with E-state index in [1.54, 1.807) is 43.7 Å². The third-order valence-electron chi connectivity index (χ3n) is 5.44. The third-order valence-corrected chi connectivity index (χ3v) is 6.55. The Hall–Kier alpha value is -3.39. The van der Waals surface area contributed by atoms with Crippen molar-refractivity contribution < 1.29 is 13.2 Å². The van der Waals surface area contributed by atoms with Gasteiger partial charge >= 0.3 is 0 Å². The number of fused-ring (bicyclic) bond motifs is 1. The summed E-state index contributed by atoms with van der Waals surface area (Å²) in [5.74, 6) is 0.559. The number of hydrogen-bond donors (Lipinski definition) is 0. The lowest BCUT2D eigenvalue weighted by atomic mass is 9.97. The van der Waals surface area contributed by atoms with Gasteiger partial charge in [0.2, 0.25) is 0 Å². The van der Waals surface area contributed by atoms with E-state index >= 15 is 0 Å². The lowest BCUT2D eigenvalue weighted by Crippen LogP contribution is -2.16. The van der Waals surface area contributed by atoms with Crippen LogP contribution in [-0.4, -0.2) is 35.6 Å². The van der Waals surface area contributed by atoms with Crippen molar-refractivity contribution in [1.29, 1.82) is 0 Å². The minimum Gasteiger partial charge on any atom is -0.493 e. The summed E-state index contributed by atoms with van der Waals surface area (Å²) in [5, 5.41) is 5.61. The molecule has 0 aliphatic rings. The van der Waals surface area contributed by atoms with Crippen molar-refractivity contribution in [2.24, 2.45) is 7.05 Å². The molecule has 4 rings (SSSR count). The van der Waals surface area contributed by atoms with Crippen molar-refractivity contribution in [1.82, 2.24) is 14.3 Å². The van der Waals surface area contributed by atoms with Gasteiger partial charge in [-0.3, -0.25) is 9.48 Å². The zero-order valence-corrected chi connectivity index (χ0v) is 19.3. The molecule has 0 atom stereocenters. The first-order chi connectivity index (χ1) is 15.2. The van der Waals surface area contributed by atoms with E-state index in [1.165, 1.54) is 10.8 Å². The predicted octanol–water partition coefficient (Wildman–Crippen LogP) is 3.89. The molecule has 2 heterocycles. The summed E-state index contributed by atoms with van der Waals surface area (Å²) >= 11 is 0. The van der Waals surface area contributed by atoms with Crippen LogP contribution in [0.2, 0.25) is 0 Å². The molecule has 0 saturated heterocycles. The number of aromatic nitrogens is 3. The molecule has 8 heteroatoms. The molecule has 0 aliphatic carbocycles. The molecular weight excluding hydrogens is 426 g/mol. The molecule has 0 bridgehead atoms. The lowest BCUT2D eigenvalue weighted by molar-refractivity contribution is 0.341. The average molecular weight is 452 g/mol. The van der Waals surface area contributed by atoms with Gasteiger partial charge in [0.25, 0.3) is 5.56 Å². The Kier molecular flexibility index (Phi) is 5.64. The van der Waals surface area contributed by atoms with Crippen LogP contribution in [0.4, 0.5) is 0 Å². The van der Waals surface area contributed by atoms with Gasteiger partial charge in [-0.2, -0.15) is 5.10 Å². The number of nitrogens with zero attached hydrogens (tertiary/aromatic N) is 3. The molecular formula is C24H25N3O4S. The molecule has 2 aromatic carbocycles. The van der Waals surface area contributed by atoms with Crippen molar-refractivity contribution in [3.63, 3.8) is 0 Å². The standard InChI is InChI=1S/C24H25N3O4S/c1-5-27-14-17(13-25-27)16-7-9-19-20(11-16)22(15-26(3)24(19)28)21-12-18(32(4,29)30)8-10-23(21)31-6-2/h7-15H,5-6H2,1-4H3. The number of rotatable bonds is 6. The second-order valence-corrected chi connectivity index (χ2v) is 9.68. The molecule has 0 aliphatic heterocycles. The number of benzene rings is 2. The van der Waals surface area contributed by atoms with Crippen LogP contribution in [0.5, 0.6) is 5.75 Å². The van der Waals surface area contributed by atoms with Gasteiger partial charge in [-0.25, -0.2) is 8.42 Å². The highest BCUT2D eigenvalue weighted by Gasteiger charge is 2.18. The maximum absolute atomic E-state index is 12.9. The van der Waals surface area contributed by atoms with Crippen molar-refractivity contribution in [2.75, 3.05) is 12.9 Å². The summed E-state index contributed by atoms with van der Waals surface area (Å²) in [6, 6.07) is 10.5. The van der Waals surface area contributed by atoms with E-state index in [1.807, 2.05) is 36.9 Å². The minimum absolute atomic E-state index is 0.128. The number of aryl methyl sites for hydroxylation is 2. The van der Waals surface area contributed by atoms with Gasteiger partial charge in [0.05, 0.1) is 17.7 Å². The summed E-state index contributed by atoms with van der Waals surface area (Å²) in [4.78, 5) is 13.1. The van der Waals surface area contributed by atoms with Crippen LogP contribution < -0.4 is 10.3 Å². The van der Waals surface area contributed by atoms with Crippen molar-refractivity contribution in [3.8, 4) is 28.0 Å². The second-order valence-electron chi connectivity index (χ2n) is 7.67. The van der Waals surface area contributed by atoms with Crippen LogP contribution in [0.3, 0.4) is 0 Å². The summed E-state index contributed by atoms with van der Waals surface area (Å²) < 4.78 is 33.6. The first-order valence-electron chi connectivity index (χ1n) is 10.4. The van der Waals surface area contributed by atoms with Crippen molar-refractivity contribution in [2.45, 2.75) is 25.3 Å². The smallest absolute Gasteiger partial charge is 0.258 e. The first kappa shape index (κ1) is 21.8. The maximum atomic E-state index is 12.9. The number of ether oxygens (including phenoxy) is 1. The highest BCUT2D eigenvalue weighted by atomic mass is 32.2. The van der Waals surface area contributed by atoms with E-state index in [2.05, 4.69) is 5.10 Å². The highest BCUT2D eigenvalue weighted by molar-refractivity contribution is 7.90. The Bertz CT molecular complexity index is 1480. The van der Waals surface area contributed by atoms with E-state index in [0.29, 0.717) is 23.3 Å². The summed E-state index contributed by atoms with van der Waals surface area (Å²) in [6.07, 6.45) is 6.65. The Morgan fingerprint density at radius 2 is 1.75 bits per heavy atom. The molecule has 0 amide bonds. The largest absolute Gasteiger partial charge is 0.493 e. The van der Waals surface area contributed by atoms with E-state index in [4.69, 9.17) is 4.74 Å². The molecule has 4 aromatic rings. The molecule has 0 N–H and O–H groups in total. The second kappa shape index (κ2) is 8.27. The van der Waals surface area contributed by atoms with Crippen LogP contribution in [0.25, 0.3) is 33.0 Å². The average Bonchev–Trinajstić information content (AvgIpc) is 3.25. The van der Waals surface area contributed by atoms with Crippen LogP contribution >= 0.6 is 0 Å². The molecule has 2 aromatic heterocycles. The Morgan fingerprint density at radius 3 is 2.41 bits per heavy atom. The molecule has 0 unspecified atom stereocenters. The van der Waals surface area contributed by atoms with Gasteiger partial charge in [0.15, 0.2) is 9.84 Å². The monoisotopic (exact) mass is 451 g/mol. The number of pyridine rings is 1. The van der Waals surface area contributed by atoms with E-state index < -0.39 is 9.84 Å². The fourth-order valence-electron chi connectivity index (χ4n) is 3.78. The van der Waals surface area contributed by atoms with Crippen LogP contribution in [0.15, 0.2) is 64.7 Å². The summed E-state index contributed by atoms with van der Waals surface area (Å²) in [7, 11) is -1.74. The van der Waals surface area contributed by atoms with Crippen LogP contribution in [0, 0.1) is 0 Å². The fraction of sp³-hybridized carbons (Fsp3) is 0.250. The van der Waals surface area contributed by atoms with Gasteiger partial charge in [0, 0.05) is 54.3 Å². The molecule has 7 nitrogen and oxygen atoms in total. The summed E-state index contributed by atoms with van der Waals surface area (Å²) in [5.41, 5.74) is 3.08. The van der Waals surface area contributed by atoms with Gasteiger partial charge in [-0.05, 0) is 55.1 Å². The zero-order chi connectivity index (χ0) is 23.0. The molecule has 166 valence electrons. The molecule has 0 fully saturated rings. The Balaban J connectivity index is 2.04.